The van der Waals surface area contributed by atoms with Gasteiger partial charge < -0.3 is 4.79 Å². The number of ketones is 1. The average Bonchev–Trinajstić information content (AvgIpc) is 3.62. The Balaban J connectivity index is 0.00000103. The smallest absolute Gasteiger partial charge is 0.126 e. The van der Waals surface area contributed by atoms with Gasteiger partial charge in [-0.3, -0.25) is 0 Å². The number of carbonyl (C=O) groups excluding carboxylic acids is 1. The van der Waals surface area contributed by atoms with Gasteiger partial charge in [0.2, 0.25) is 0 Å². The fraction of sp³-hybridized carbons (Fsp3) is 0.270. The predicted octanol–water partition coefficient (Wildman–Crippen LogP) is 5.33. The van der Waals surface area contributed by atoms with Gasteiger partial charge in [0.1, 0.15) is 5.78 Å². The number of hydrogen-bond donors (Lipinski definition) is 2. The molecule has 10 heteroatoms. The van der Waals surface area contributed by atoms with E-state index in [2.05, 4.69) is 45.5 Å². The maximum absolute atomic E-state index is 11.8. The molecule has 2 N–H and O–H groups in total. The summed E-state index contributed by atoms with van der Waals surface area (Å²) in [6.07, 6.45) is 12.7. The molecule has 0 aliphatic carbocycles. The summed E-state index contributed by atoms with van der Waals surface area (Å²) in [5, 5.41) is 21.0. The van der Waals surface area contributed by atoms with E-state index in [1.807, 2.05) is 39.0 Å². The molecule has 0 saturated carbocycles. The second-order valence-electron chi connectivity index (χ2n) is 11.9. The molecule has 4 aliphatic heterocycles. The van der Waals surface area contributed by atoms with Crippen molar-refractivity contribution in [1.29, 1.82) is 0 Å². The molecular formula is C37H38FeN4O5. The van der Waals surface area contributed by atoms with E-state index in [1.54, 1.807) is 0 Å². The van der Waals surface area contributed by atoms with Gasteiger partial charge in [0.05, 0.1) is 0 Å². The van der Waals surface area contributed by atoms with Crippen molar-refractivity contribution in [2.45, 2.75) is 67.2 Å². The van der Waals surface area contributed by atoms with E-state index in [0.717, 1.165) is 83.7 Å². The molecule has 2 aromatic rings. The molecule has 0 aromatic carbocycles. The van der Waals surface area contributed by atoms with Crippen LogP contribution in [0, 0.1) is 13.8 Å². The third-order valence-corrected chi connectivity index (χ3v) is 10.1. The van der Waals surface area contributed by atoms with Gasteiger partial charge in [0.25, 0.3) is 0 Å². The molecule has 244 valence electrons. The molecule has 9 nitrogen and oxygen atoms in total. The first-order valence-corrected chi connectivity index (χ1v) is 16.3. The maximum atomic E-state index is 11.8. The number of carboxylic acids is 2. The Morgan fingerprint density at radius 1 is 0.766 bits per heavy atom. The van der Waals surface area contributed by atoms with E-state index in [9.17, 15) is 24.6 Å². The van der Waals surface area contributed by atoms with Crippen molar-refractivity contribution in [3.05, 3.63) is 97.3 Å². The Kier molecular flexibility index (Phi) is 9.38. The zero-order valence-corrected chi connectivity index (χ0v) is 28.6. The molecule has 0 fully saturated rings. The largest absolute Gasteiger partial charge is 0.300 e. The molecule has 4 aliphatic rings. The first-order chi connectivity index (χ1) is 22.3. The van der Waals surface area contributed by atoms with Crippen molar-refractivity contribution >= 4 is 59.5 Å². The minimum Gasteiger partial charge on any atom is -0.300 e. The molecule has 6 rings (SSSR count). The third kappa shape index (κ3) is 6.18. The predicted molar refractivity (Wildman–Crippen MR) is 183 cm³/mol. The van der Waals surface area contributed by atoms with Gasteiger partial charge in [-0.2, -0.15) is 0 Å². The van der Waals surface area contributed by atoms with E-state index in [1.165, 1.54) is 13.8 Å². The summed E-state index contributed by atoms with van der Waals surface area (Å²) < 4.78 is 4.47. The quantitative estimate of drug-likeness (QED) is 0.366. The number of carbonyl (C=O) groups is 3. The number of allylic oxidation sites excluding steroid dienone is 4. The SMILES string of the molecule is C=CC1=C(C)C2=NC/1=C\c1c(C)c(C=C)c3[n]1[Fe][n]1/c(c(C)c(CCC(=O)O)/c1=C/C1=NC(=C\3)/C(C)=C1CCC(=O)O)=C\2.CC(C)=O. The first-order valence-electron chi connectivity index (χ1n) is 15.3. The van der Waals surface area contributed by atoms with Crippen LogP contribution in [0.2, 0.25) is 0 Å². The van der Waals surface area contributed by atoms with Gasteiger partial charge in [0.15, 0.2) is 0 Å². The number of aromatic nitrogens is 2. The van der Waals surface area contributed by atoms with E-state index in [-0.39, 0.29) is 18.6 Å². The van der Waals surface area contributed by atoms with Gasteiger partial charge in [-0.15, -0.1) is 0 Å². The van der Waals surface area contributed by atoms with Gasteiger partial charge in [-0.05, 0) is 13.8 Å². The van der Waals surface area contributed by atoms with Crippen molar-refractivity contribution in [3.8, 4) is 0 Å². The van der Waals surface area contributed by atoms with Crippen LogP contribution in [0.5, 0.6) is 0 Å². The topological polar surface area (TPSA) is 126 Å². The van der Waals surface area contributed by atoms with Crippen LogP contribution in [0.25, 0.3) is 30.4 Å². The van der Waals surface area contributed by atoms with Crippen molar-refractivity contribution in [3.63, 3.8) is 0 Å². The van der Waals surface area contributed by atoms with Gasteiger partial charge >= 0.3 is 257 Å². The Labute approximate surface area is 280 Å². The van der Waals surface area contributed by atoms with Crippen LogP contribution in [-0.2, 0) is 36.2 Å². The Bertz CT molecular complexity index is 2120. The zero-order chi connectivity index (χ0) is 34.3. The minimum absolute atomic E-state index is 0.0140. The van der Waals surface area contributed by atoms with Crippen LogP contribution < -0.4 is 10.7 Å². The van der Waals surface area contributed by atoms with Gasteiger partial charge in [-0.25, -0.2) is 0 Å². The zero-order valence-electron chi connectivity index (χ0n) is 27.5. The molecule has 0 saturated heterocycles. The number of Topliss-reactive ketones (excluding diaryl/α,β-unsaturated/α-hetero) is 1. The second-order valence-corrected chi connectivity index (χ2v) is 13.1. The summed E-state index contributed by atoms with van der Waals surface area (Å²) in [5.41, 5.74) is 12.9. The first kappa shape index (κ1) is 33.6. The van der Waals surface area contributed by atoms with Crippen LogP contribution in [-0.4, -0.2) is 46.5 Å². The standard InChI is InChI=1S/C34H34N4O4.C3H6O.Fe/c1-7-21-17(3)25-13-26-19(5)23(9-11-33(39)40)31(37-26)16-32-24(10-12-34(41)42)20(6)28(38-32)15-30-22(8-2)18(4)27(36-30)14-29(21)35-25;1-3(2)4;/h7-8,13-16H,1-2,9-12H2,3-6H3,(H4,35,36,37,38,39,40,41,42);1-2H3;/q;;+2/p-2/b25-13?,26-13-,27-14?,28-15-,29-14-,30-15?,31-16-,32-16?;;. The monoisotopic (exact) mass is 674 g/mol. The molecule has 6 heterocycles. The van der Waals surface area contributed by atoms with Crippen molar-refractivity contribution in [1.82, 2.24) is 7.17 Å². The van der Waals surface area contributed by atoms with Crippen molar-refractivity contribution in [2.24, 2.45) is 9.98 Å². The van der Waals surface area contributed by atoms with Gasteiger partial charge in [0, 0.05) is 0 Å². The molecule has 0 unspecified atom stereocenters. The van der Waals surface area contributed by atoms with Crippen LogP contribution in [0.4, 0.5) is 0 Å². The number of carboxylic acid groups (broad SMARTS) is 2. The third-order valence-electron chi connectivity index (χ3n) is 8.55. The molecular weight excluding hydrogens is 636 g/mol. The number of aliphatic carboxylic acids is 2. The summed E-state index contributed by atoms with van der Waals surface area (Å²) in [7, 11) is 0. The average molecular weight is 675 g/mol. The molecule has 47 heavy (non-hydrogen) atoms. The summed E-state index contributed by atoms with van der Waals surface area (Å²) in [5.74, 6) is -1.57. The molecule has 2 aromatic heterocycles. The number of rotatable bonds is 8. The second kappa shape index (κ2) is 13.1. The van der Waals surface area contributed by atoms with Crippen LogP contribution in [0.1, 0.15) is 80.6 Å². The maximum Gasteiger partial charge on any atom is 0.126 e. The Hall–Kier alpha value is -4.79. The summed E-state index contributed by atoms with van der Waals surface area (Å²) in [6.45, 7) is 19.4. The van der Waals surface area contributed by atoms with Gasteiger partial charge in [-0.1, -0.05) is 0 Å². The molecule has 0 atom stereocenters. The summed E-state index contributed by atoms with van der Waals surface area (Å²) >= 11 is 0.463. The summed E-state index contributed by atoms with van der Waals surface area (Å²) in [6, 6.07) is 0. The Morgan fingerprint density at radius 2 is 1.36 bits per heavy atom. The van der Waals surface area contributed by atoms with Crippen molar-refractivity contribution in [2.75, 3.05) is 0 Å². The molecule has 6 bridgehead atoms. The van der Waals surface area contributed by atoms with Crippen LogP contribution >= 0.6 is 0 Å². The van der Waals surface area contributed by atoms with Crippen molar-refractivity contribution < 1.29 is 40.0 Å². The van der Waals surface area contributed by atoms with E-state index in [0.29, 0.717) is 33.9 Å². The molecule has 0 radical (unpaired) electrons. The summed E-state index contributed by atoms with van der Waals surface area (Å²) in [4.78, 5) is 42.9. The number of aliphatic imine (C=N–C) groups is 2. The number of nitrogens with zero attached hydrogens (tertiary/aromatic N) is 4. The van der Waals surface area contributed by atoms with E-state index in [4.69, 9.17) is 9.98 Å². The van der Waals surface area contributed by atoms with E-state index >= 15 is 0 Å². The fourth-order valence-corrected chi connectivity index (χ4v) is 7.77. The normalized spacial score (nSPS) is 19.5. The Morgan fingerprint density at radius 3 is 1.98 bits per heavy atom. The van der Waals surface area contributed by atoms with E-state index < -0.39 is 11.9 Å². The molecule has 0 spiro atoms. The van der Waals surface area contributed by atoms with Crippen LogP contribution in [0.15, 0.2) is 62.9 Å². The number of fused-ring (bicyclic) bond motifs is 2. The minimum atomic E-state index is -0.868. The molecule has 0 amide bonds. The van der Waals surface area contributed by atoms with Crippen LogP contribution in [0.3, 0.4) is 0 Å². The fourth-order valence-electron chi connectivity index (χ4n) is 6.14. The number of hydrogen-bond acceptors (Lipinski definition) is 5.